The molecule has 16 aliphatic heterocycles. The topological polar surface area (TPSA) is 200 Å². The van der Waals surface area contributed by atoms with E-state index in [1.807, 2.05) is 125 Å². The van der Waals surface area contributed by atoms with Gasteiger partial charge in [-0.2, -0.15) is 0 Å². The second kappa shape index (κ2) is 60.7. The number of nitrogens with zero attached hydrogens (tertiary/aromatic N) is 12. The van der Waals surface area contributed by atoms with Crippen LogP contribution in [0.1, 0.15) is 382 Å². The highest BCUT2D eigenvalue weighted by Gasteiger charge is 2.41. The minimum atomic E-state index is 0.141. The predicted molar refractivity (Wildman–Crippen MR) is 585 cm³/mol. The molecule has 0 aromatic carbocycles. The molecular weight excluding hydrogens is 1670 g/mol. The van der Waals surface area contributed by atoms with Crippen LogP contribution >= 0.6 is 0 Å². The van der Waals surface area contributed by atoms with Gasteiger partial charge in [0.2, 0.25) is 23.6 Å². The van der Waals surface area contributed by atoms with E-state index in [0.29, 0.717) is 48.3 Å². The summed E-state index contributed by atoms with van der Waals surface area (Å²) in [5, 5.41) is 11.6. The summed E-state index contributed by atoms with van der Waals surface area (Å²) in [6.45, 7) is 119. The van der Waals surface area contributed by atoms with Gasteiger partial charge >= 0.3 is 0 Å². The van der Waals surface area contributed by atoms with Gasteiger partial charge in [-0.3, -0.25) is 83.0 Å². The molecule has 0 spiro atoms. The molecule has 2 aliphatic carbocycles. The van der Waals surface area contributed by atoms with Gasteiger partial charge in [0.1, 0.15) is 5.78 Å². The lowest BCUT2D eigenvalue weighted by atomic mass is 10.0. The summed E-state index contributed by atoms with van der Waals surface area (Å²) in [6, 6.07) is 2.62. The van der Waals surface area contributed by atoms with E-state index in [-0.39, 0.29) is 45.8 Å². The smallest absolute Gasteiger partial charge is 0.248 e. The SMILES string of the molecule is C=C1CC2=C(C1)CN(C(C)C)CC2.CC.CC.CC.CC.CC.CC.CC.CC.CC.CC(C)(C)N1CC2=C(C1)C(=O)NC2.CC(C)(C)N1CC2=C(C1)C(=O)NC2.CC(C)(C)N1CC2=C(C1)NC(=O)C2.CC(C)(C)N1CC2=C(CC(=O)C2)C1.CC(C)N1CCC2=C(CC(=O)N2)C1.CC1=NC2=C(C1)CN(C(C)C)CC2.CC1=NC2=C(CCN(C(C)C)C2)C1.CC1=NCC2=C1CN(C(C)(C)C)C2. The molecule has 18 aliphatic rings. The monoisotopic (exact) mass is 1880 g/mol. The van der Waals surface area contributed by atoms with Crippen LogP contribution in [0.3, 0.4) is 0 Å². The van der Waals surface area contributed by atoms with Crippen LogP contribution in [0, 0.1) is 0 Å². The third kappa shape index (κ3) is 39.2. The van der Waals surface area contributed by atoms with Crippen LogP contribution in [0.5, 0.6) is 0 Å². The Morgan fingerprint density at radius 2 is 0.607 bits per heavy atom. The number of aliphatic imine (C=N–C) groups is 3. The Labute approximate surface area is 830 Å². The average molecular weight is 1880 g/mol. The van der Waals surface area contributed by atoms with E-state index < -0.39 is 0 Å². The van der Waals surface area contributed by atoms with Crippen LogP contribution in [-0.2, 0) is 24.0 Å². The number of hydrogen-bond acceptors (Lipinski definition) is 17. The van der Waals surface area contributed by atoms with Crippen molar-refractivity contribution in [2.75, 3.05) is 137 Å². The molecule has 0 unspecified atom stereocenters. The second-order valence-corrected chi connectivity index (χ2v) is 42.1. The first kappa shape index (κ1) is 127. The van der Waals surface area contributed by atoms with E-state index in [2.05, 4.69) is 267 Å². The third-order valence-corrected chi connectivity index (χ3v) is 26.6. The summed E-state index contributed by atoms with van der Waals surface area (Å²) in [5.74, 6) is 1.04. The summed E-state index contributed by atoms with van der Waals surface area (Å²) < 4.78 is 0. The molecule has 0 fully saturated rings. The predicted octanol–water partition coefficient (Wildman–Crippen LogP) is 22.9. The summed E-state index contributed by atoms with van der Waals surface area (Å²) in [7, 11) is 0. The van der Waals surface area contributed by atoms with E-state index in [1.54, 1.807) is 27.9 Å². The largest absolute Gasteiger partial charge is 0.348 e. The second-order valence-electron chi connectivity index (χ2n) is 42.1. The molecule has 0 aromatic rings. The summed E-state index contributed by atoms with van der Waals surface area (Å²) in [6.07, 6.45) is 12.0. The maximum Gasteiger partial charge on any atom is 0.248 e. The Hall–Kier alpha value is -6.40. The molecule has 4 N–H and O–H groups in total. The van der Waals surface area contributed by atoms with Gasteiger partial charge in [-0.05, 0) is 261 Å². The molecule has 0 saturated carbocycles. The van der Waals surface area contributed by atoms with Gasteiger partial charge in [0.05, 0.1) is 25.1 Å². The number of carbonyl (C=O) groups is 5. The molecule has 774 valence electrons. The molecule has 18 rings (SSSR count). The number of amides is 4. The van der Waals surface area contributed by atoms with Crippen molar-refractivity contribution in [2.24, 2.45) is 15.0 Å². The fourth-order valence-corrected chi connectivity index (χ4v) is 18.3. The molecule has 0 atom stereocenters. The first-order chi connectivity index (χ1) is 63.5. The molecule has 21 heteroatoms. The highest BCUT2D eigenvalue weighted by Crippen LogP contribution is 2.39. The minimum absolute atomic E-state index is 0.141. The summed E-state index contributed by atoms with van der Waals surface area (Å²) in [4.78, 5) is 91.7. The number of ketones is 1. The van der Waals surface area contributed by atoms with Crippen LogP contribution in [0.2, 0.25) is 0 Å². The fraction of sp³-hybridized carbons (Fsp3) is 0.754. The number of likely N-dealkylation sites (tertiary alicyclic amines) is 1. The van der Waals surface area contributed by atoms with Gasteiger partial charge in [-0.1, -0.05) is 148 Å². The molecule has 4 amide bonds. The van der Waals surface area contributed by atoms with E-state index in [0.717, 1.165) is 167 Å². The maximum absolute atomic E-state index is 11.3. The molecule has 135 heavy (non-hydrogen) atoms. The summed E-state index contributed by atoms with van der Waals surface area (Å²) in [5.41, 5.74) is 31.1. The first-order valence-electron chi connectivity index (χ1n) is 53.6. The fourth-order valence-electron chi connectivity index (χ4n) is 18.3. The zero-order valence-corrected chi connectivity index (χ0v) is 95.8. The van der Waals surface area contributed by atoms with Crippen molar-refractivity contribution >= 4 is 46.5 Å². The van der Waals surface area contributed by atoms with Gasteiger partial charge in [0.15, 0.2) is 0 Å². The van der Waals surface area contributed by atoms with Gasteiger partial charge in [-0.15, -0.1) is 0 Å². The number of allylic oxidation sites excluding steroid dienone is 1. The lowest BCUT2D eigenvalue weighted by Gasteiger charge is -2.32. The Balaban J connectivity index is 0.000000743. The Morgan fingerprint density at radius 3 is 1.01 bits per heavy atom. The number of rotatable bonds is 4. The van der Waals surface area contributed by atoms with E-state index >= 15 is 0 Å². The minimum Gasteiger partial charge on any atom is -0.348 e. The van der Waals surface area contributed by atoms with Gasteiger partial charge in [0, 0.05) is 267 Å². The molecular formula is C114H208N16O5. The van der Waals surface area contributed by atoms with Crippen LogP contribution in [0.15, 0.2) is 128 Å². The Kier molecular flexibility index (Phi) is 56.9. The first-order valence-corrected chi connectivity index (χ1v) is 53.6. The molecule has 0 radical (unpaired) electrons. The zero-order valence-electron chi connectivity index (χ0n) is 95.8. The van der Waals surface area contributed by atoms with Crippen LogP contribution < -0.4 is 21.3 Å². The molecule has 0 bridgehead atoms. The van der Waals surface area contributed by atoms with Crippen molar-refractivity contribution in [1.82, 2.24) is 65.4 Å². The van der Waals surface area contributed by atoms with E-state index in [9.17, 15) is 24.0 Å². The van der Waals surface area contributed by atoms with Crippen LogP contribution in [-0.4, -0.2) is 280 Å². The number of carbonyl (C=O) groups excluding carboxylic acids is 5. The number of hydrogen-bond donors (Lipinski definition) is 4. The van der Waals surface area contributed by atoms with Crippen molar-refractivity contribution < 1.29 is 24.0 Å². The Bertz CT molecular complexity index is 3960. The van der Waals surface area contributed by atoms with Crippen LogP contribution in [0.25, 0.3) is 0 Å². The van der Waals surface area contributed by atoms with Gasteiger partial charge in [0.25, 0.3) is 0 Å². The molecule has 16 heterocycles. The Morgan fingerprint density at radius 1 is 0.296 bits per heavy atom. The van der Waals surface area contributed by atoms with Crippen molar-refractivity contribution in [3.63, 3.8) is 0 Å². The zero-order chi connectivity index (χ0) is 104. The lowest BCUT2D eigenvalue weighted by Crippen LogP contribution is -2.42. The number of nitrogens with one attached hydrogen (secondary N) is 4. The summed E-state index contributed by atoms with van der Waals surface area (Å²) >= 11 is 0. The van der Waals surface area contributed by atoms with Crippen LogP contribution in [0.4, 0.5) is 0 Å². The average Bonchev–Trinajstić information content (AvgIpc) is 1.66. The highest BCUT2D eigenvalue weighted by atomic mass is 16.2. The normalized spacial score (nSPS) is 21.1. The van der Waals surface area contributed by atoms with Crippen molar-refractivity contribution in [3.8, 4) is 0 Å². The van der Waals surface area contributed by atoms with Crippen molar-refractivity contribution in [3.05, 3.63) is 113 Å². The molecule has 0 saturated heterocycles. The molecule has 0 aromatic heterocycles. The highest BCUT2D eigenvalue weighted by molar-refractivity contribution is 6.02. The third-order valence-electron chi connectivity index (χ3n) is 26.6. The van der Waals surface area contributed by atoms with Crippen molar-refractivity contribution in [2.45, 2.75) is 434 Å². The standard InChI is InChI=1S/C12H19N.3C11H18N2.C11H17NO.4C10H16N2O.9C2H6/c1-9(2)13-5-4-11-6-10(3)7-12(11)8-13;1-8-10-7-13(11(2,3)4)6-9(10)5-12-8;1-8(2)13-5-4-11-10(7-13)6-9(3)12-11;1-8(2)13-5-4-10-6-9(3)12-11(10)7-13;1-11(2,3)12-6-8-4-10(13)5-9(8)7-12;2*1-10(2,3)12-5-7-4-11-9(13)8(7)6-12;1-10(2,3)12-5-7-4-9(13)11-8(7)6-12;1-7(2)12-4-3-9-8(6-12)5-10(13)11-9;9*1-2/h9H,3-8H2,1-2H3;5-7H2,1-4H3;2*8H,4-7H2,1-3H3;4-7H2,1-3H3;3*4-6H2,1-3H3,(H,11,13);7H,3-6H2,1-2H3,(H,11,13);9*1-2H3. The van der Waals surface area contributed by atoms with Gasteiger partial charge < -0.3 is 21.3 Å². The van der Waals surface area contributed by atoms with Gasteiger partial charge in [-0.25, -0.2) is 0 Å². The van der Waals surface area contributed by atoms with E-state index in [1.165, 1.54) is 131 Å². The lowest BCUT2D eigenvalue weighted by molar-refractivity contribution is -0.119. The number of Topliss-reactive ketones (excluding diaryl/α,β-unsaturated/α-hetero) is 1. The maximum atomic E-state index is 11.3. The van der Waals surface area contributed by atoms with E-state index in [4.69, 9.17) is 0 Å². The van der Waals surface area contributed by atoms with Crippen molar-refractivity contribution in [1.29, 1.82) is 0 Å². The molecule has 21 nitrogen and oxygen atoms in total. The quantitative estimate of drug-likeness (QED) is 0.194.